The molecule has 0 saturated carbocycles. The van der Waals surface area contributed by atoms with Crippen molar-refractivity contribution in [3.8, 4) is 0 Å². The molecule has 0 saturated heterocycles. The molecule has 1 aromatic rings. The summed E-state index contributed by atoms with van der Waals surface area (Å²) >= 11 is 0. The van der Waals surface area contributed by atoms with Gasteiger partial charge in [-0.25, -0.2) is 13.1 Å². The lowest BCUT2D eigenvalue weighted by atomic mass is 10.2. The highest BCUT2D eigenvalue weighted by Crippen LogP contribution is 2.14. The number of guanidine groups is 1. The molecule has 0 radical (unpaired) electrons. The molecule has 1 aromatic carbocycles. The van der Waals surface area contributed by atoms with Crippen LogP contribution in [0.1, 0.15) is 25.8 Å². The minimum Gasteiger partial charge on any atom is -0.370 e. The Kier molecular flexibility index (Phi) is 10.0. The van der Waals surface area contributed by atoms with Gasteiger partial charge in [-0.3, -0.25) is 4.99 Å². The highest BCUT2D eigenvalue weighted by atomic mass is 32.2. The molecule has 0 aliphatic carbocycles. The van der Waals surface area contributed by atoms with Gasteiger partial charge in [0, 0.05) is 45.0 Å². The largest absolute Gasteiger partial charge is 0.370 e. The van der Waals surface area contributed by atoms with Gasteiger partial charge in [-0.15, -0.1) is 0 Å². The second kappa shape index (κ2) is 11.7. The zero-order chi connectivity index (χ0) is 19.4. The Morgan fingerprint density at radius 3 is 2.58 bits per heavy atom. The maximum Gasteiger partial charge on any atom is 0.208 e. The van der Waals surface area contributed by atoms with Crippen molar-refractivity contribution in [1.29, 1.82) is 0 Å². The molecule has 7 nitrogen and oxygen atoms in total. The van der Waals surface area contributed by atoms with Gasteiger partial charge in [-0.2, -0.15) is 0 Å². The highest BCUT2D eigenvalue weighted by molar-refractivity contribution is 7.88. The van der Waals surface area contributed by atoms with Crippen LogP contribution in [0.4, 0.5) is 5.69 Å². The number of benzene rings is 1. The highest BCUT2D eigenvalue weighted by Gasteiger charge is 2.05. The summed E-state index contributed by atoms with van der Waals surface area (Å²) in [7, 11) is -3.13. The first-order valence-electron chi connectivity index (χ1n) is 9.14. The number of hydrogen-bond acceptors (Lipinski definition) is 4. The average molecular weight is 384 g/mol. The molecule has 0 heterocycles. The monoisotopic (exact) mass is 383 g/mol. The molecule has 0 unspecified atom stereocenters. The van der Waals surface area contributed by atoms with Crippen molar-refractivity contribution in [2.75, 3.05) is 50.4 Å². The predicted octanol–water partition coefficient (Wildman–Crippen LogP) is 1.32. The van der Waals surface area contributed by atoms with Crippen LogP contribution in [-0.2, 0) is 10.0 Å². The number of aryl methyl sites for hydroxylation is 1. The maximum atomic E-state index is 11.0. The maximum absolute atomic E-state index is 11.0. The Morgan fingerprint density at radius 2 is 1.96 bits per heavy atom. The topological polar surface area (TPSA) is 85.8 Å². The SMILES string of the molecule is CCNC(=NCCCNS(C)(=O)=O)NCCN(CC)c1cccc(C)c1. The van der Waals surface area contributed by atoms with Gasteiger partial charge >= 0.3 is 0 Å². The fourth-order valence-corrected chi connectivity index (χ4v) is 2.99. The Hall–Kier alpha value is -1.80. The van der Waals surface area contributed by atoms with Crippen LogP contribution in [0.15, 0.2) is 29.3 Å². The van der Waals surface area contributed by atoms with Crippen LogP contribution >= 0.6 is 0 Å². The molecule has 0 aromatic heterocycles. The first-order valence-corrected chi connectivity index (χ1v) is 11.0. The van der Waals surface area contributed by atoms with Crippen LogP contribution in [-0.4, -0.2) is 59.9 Å². The van der Waals surface area contributed by atoms with Crippen molar-refractivity contribution in [1.82, 2.24) is 15.4 Å². The van der Waals surface area contributed by atoms with Crippen LogP contribution < -0.4 is 20.3 Å². The Bertz CT molecular complexity index is 661. The van der Waals surface area contributed by atoms with Crippen LogP contribution in [0.5, 0.6) is 0 Å². The second-order valence-corrected chi connectivity index (χ2v) is 7.96. The number of aliphatic imine (C=N–C) groups is 1. The fraction of sp³-hybridized carbons (Fsp3) is 0.611. The van der Waals surface area contributed by atoms with Gasteiger partial charge in [0.05, 0.1) is 6.26 Å². The molecule has 0 aliphatic heterocycles. The summed E-state index contributed by atoms with van der Waals surface area (Å²) in [6.07, 6.45) is 1.82. The number of nitrogens with zero attached hydrogens (tertiary/aromatic N) is 2. The van der Waals surface area contributed by atoms with Gasteiger partial charge in [0.25, 0.3) is 0 Å². The molecular formula is C18H33N5O2S. The van der Waals surface area contributed by atoms with E-state index in [0.717, 1.165) is 38.4 Å². The van der Waals surface area contributed by atoms with E-state index in [9.17, 15) is 8.42 Å². The van der Waals surface area contributed by atoms with Crippen molar-refractivity contribution in [3.05, 3.63) is 29.8 Å². The van der Waals surface area contributed by atoms with Crippen LogP contribution in [0.25, 0.3) is 0 Å². The number of sulfonamides is 1. The second-order valence-electron chi connectivity index (χ2n) is 6.13. The third-order valence-corrected chi connectivity index (χ3v) is 4.46. The number of hydrogen-bond donors (Lipinski definition) is 3. The molecule has 0 aliphatic rings. The van der Waals surface area contributed by atoms with E-state index in [4.69, 9.17) is 0 Å². The molecule has 0 spiro atoms. The lowest BCUT2D eigenvalue weighted by Gasteiger charge is -2.24. The normalized spacial score (nSPS) is 12.1. The summed E-state index contributed by atoms with van der Waals surface area (Å²) in [5.74, 6) is 0.757. The van der Waals surface area contributed by atoms with Gasteiger partial charge in [0.2, 0.25) is 10.0 Å². The Morgan fingerprint density at radius 1 is 1.19 bits per heavy atom. The summed E-state index contributed by atoms with van der Waals surface area (Å²) in [6.45, 7) is 10.6. The molecule has 8 heteroatoms. The molecule has 148 valence electrons. The van der Waals surface area contributed by atoms with Gasteiger partial charge in [-0.05, 0) is 44.9 Å². The molecule has 1 rings (SSSR count). The standard InChI is InChI=1S/C18H33N5O2S/c1-5-19-18(20-11-8-12-22-26(4,24)25)21-13-14-23(6-2)17-10-7-9-16(3)15-17/h7,9-10,15,22H,5-6,8,11-14H2,1-4H3,(H2,19,20,21). The quantitative estimate of drug-likeness (QED) is 0.305. The third-order valence-electron chi connectivity index (χ3n) is 3.74. The van der Waals surface area contributed by atoms with Gasteiger partial charge < -0.3 is 15.5 Å². The summed E-state index contributed by atoms with van der Waals surface area (Å²) in [5, 5.41) is 6.55. The Balaban J connectivity index is 2.45. The average Bonchev–Trinajstić information content (AvgIpc) is 2.57. The van der Waals surface area contributed by atoms with Crippen molar-refractivity contribution in [3.63, 3.8) is 0 Å². The molecular weight excluding hydrogens is 350 g/mol. The van der Waals surface area contributed by atoms with E-state index in [0.29, 0.717) is 19.5 Å². The first-order chi connectivity index (χ1) is 12.4. The van der Waals surface area contributed by atoms with Crippen molar-refractivity contribution < 1.29 is 8.42 Å². The van der Waals surface area contributed by atoms with Crippen molar-refractivity contribution >= 4 is 21.7 Å². The van der Waals surface area contributed by atoms with E-state index in [2.05, 4.69) is 63.4 Å². The lowest BCUT2D eigenvalue weighted by Crippen LogP contribution is -2.41. The van der Waals surface area contributed by atoms with Gasteiger partial charge in [0.15, 0.2) is 5.96 Å². The zero-order valence-corrected chi connectivity index (χ0v) is 17.2. The van der Waals surface area contributed by atoms with E-state index in [1.165, 1.54) is 11.3 Å². The van der Waals surface area contributed by atoms with Gasteiger partial charge in [-0.1, -0.05) is 12.1 Å². The van der Waals surface area contributed by atoms with Crippen LogP contribution in [0, 0.1) is 6.92 Å². The number of anilines is 1. The molecule has 0 amide bonds. The number of rotatable bonds is 11. The number of nitrogens with one attached hydrogen (secondary N) is 3. The Labute approximate surface area is 158 Å². The first kappa shape index (κ1) is 22.2. The predicted molar refractivity (Wildman–Crippen MR) is 111 cm³/mol. The summed E-state index contributed by atoms with van der Waals surface area (Å²) in [4.78, 5) is 6.80. The van der Waals surface area contributed by atoms with E-state index < -0.39 is 10.0 Å². The van der Waals surface area contributed by atoms with E-state index >= 15 is 0 Å². The number of likely N-dealkylation sites (N-methyl/N-ethyl adjacent to an activating group) is 1. The summed E-state index contributed by atoms with van der Waals surface area (Å²) < 4.78 is 24.5. The molecule has 0 atom stereocenters. The summed E-state index contributed by atoms with van der Waals surface area (Å²) in [6, 6.07) is 8.50. The zero-order valence-electron chi connectivity index (χ0n) is 16.4. The summed E-state index contributed by atoms with van der Waals surface area (Å²) in [5.41, 5.74) is 2.48. The lowest BCUT2D eigenvalue weighted by molar-refractivity contribution is 0.585. The van der Waals surface area contributed by atoms with Crippen molar-refractivity contribution in [2.24, 2.45) is 4.99 Å². The molecule has 3 N–H and O–H groups in total. The van der Waals surface area contributed by atoms with Crippen molar-refractivity contribution in [2.45, 2.75) is 27.2 Å². The van der Waals surface area contributed by atoms with E-state index in [1.54, 1.807) is 0 Å². The minimum absolute atomic E-state index is 0.401. The van der Waals surface area contributed by atoms with Crippen LogP contribution in [0.3, 0.4) is 0 Å². The fourth-order valence-electron chi connectivity index (χ4n) is 2.47. The third kappa shape index (κ3) is 9.62. The molecule has 0 fully saturated rings. The van der Waals surface area contributed by atoms with E-state index in [1.807, 2.05) is 6.92 Å². The van der Waals surface area contributed by atoms with Gasteiger partial charge in [0.1, 0.15) is 0 Å². The minimum atomic E-state index is -3.13. The van der Waals surface area contributed by atoms with E-state index in [-0.39, 0.29) is 0 Å². The molecule has 26 heavy (non-hydrogen) atoms. The smallest absolute Gasteiger partial charge is 0.208 e. The molecule has 0 bridgehead atoms. The van der Waals surface area contributed by atoms with Crippen LogP contribution in [0.2, 0.25) is 0 Å².